The molecule has 0 bridgehead atoms. The first kappa shape index (κ1) is 14.6. The minimum atomic E-state index is -0.805. The van der Waals surface area contributed by atoms with Gasteiger partial charge in [-0.05, 0) is 38.5 Å². The molecule has 18 heavy (non-hydrogen) atoms. The van der Waals surface area contributed by atoms with Gasteiger partial charge in [-0.25, -0.2) is 4.39 Å². The summed E-state index contributed by atoms with van der Waals surface area (Å²) in [6.07, 6.45) is 0.456. The number of carbonyl (C=O) groups excluding carboxylic acids is 1. The van der Waals surface area contributed by atoms with Gasteiger partial charge in [0.1, 0.15) is 11.4 Å². The Morgan fingerprint density at radius 2 is 1.94 bits per heavy atom. The fourth-order valence-electron chi connectivity index (χ4n) is 2.06. The Bertz CT molecular complexity index is 403. The van der Waals surface area contributed by atoms with Crippen molar-refractivity contribution in [3.63, 3.8) is 0 Å². The second kappa shape index (κ2) is 5.96. The Kier molecular flexibility index (Phi) is 4.84. The highest BCUT2D eigenvalue weighted by Gasteiger charge is 2.34. The molecule has 1 atom stereocenters. The Hall–Kier alpha value is -1.42. The first-order valence-electron chi connectivity index (χ1n) is 5.98. The van der Waals surface area contributed by atoms with Gasteiger partial charge in [0.15, 0.2) is 0 Å². The molecule has 100 valence electrons. The lowest BCUT2D eigenvalue weighted by Crippen LogP contribution is -2.54. The lowest BCUT2D eigenvalue weighted by atomic mass is 9.92. The summed E-state index contributed by atoms with van der Waals surface area (Å²) in [5.41, 5.74) is 0.0817. The lowest BCUT2D eigenvalue weighted by Gasteiger charge is -2.30. The van der Waals surface area contributed by atoms with Crippen molar-refractivity contribution >= 4 is 5.97 Å². The standard InChI is InChI=1S/C14H20FNO2/c1-10(2)16-14(3,13(17)18-4)9-11-5-7-12(15)8-6-11/h5-8,10,16H,9H2,1-4H3. The van der Waals surface area contributed by atoms with Crippen LogP contribution in [0.15, 0.2) is 24.3 Å². The lowest BCUT2D eigenvalue weighted by molar-refractivity contribution is -0.148. The van der Waals surface area contributed by atoms with E-state index in [1.54, 1.807) is 19.1 Å². The number of methoxy groups -OCH3 is 1. The summed E-state index contributed by atoms with van der Waals surface area (Å²) in [5, 5.41) is 3.20. The summed E-state index contributed by atoms with van der Waals surface area (Å²) in [6, 6.07) is 6.29. The zero-order chi connectivity index (χ0) is 13.8. The maximum Gasteiger partial charge on any atom is 0.326 e. The predicted octanol–water partition coefficient (Wildman–Crippen LogP) is 2.30. The predicted molar refractivity (Wildman–Crippen MR) is 68.8 cm³/mol. The highest BCUT2D eigenvalue weighted by Crippen LogP contribution is 2.16. The van der Waals surface area contributed by atoms with Crippen molar-refractivity contribution in [2.24, 2.45) is 0 Å². The third-order valence-electron chi connectivity index (χ3n) is 2.71. The first-order valence-corrected chi connectivity index (χ1v) is 5.98. The summed E-state index contributed by atoms with van der Waals surface area (Å²) in [5.74, 6) is -0.601. The number of rotatable bonds is 5. The van der Waals surface area contributed by atoms with Crippen LogP contribution in [-0.4, -0.2) is 24.7 Å². The molecule has 1 unspecified atom stereocenters. The summed E-state index contributed by atoms with van der Waals surface area (Å²) in [7, 11) is 1.37. The van der Waals surface area contributed by atoms with Gasteiger partial charge >= 0.3 is 5.97 Å². The number of esters is 1. The molecule has 1 aromatic carbocycles. The van der Waals surface area contributed by atoms with Gasteiger partial charge in [0.05, 0.1) is 7.11 Å². The van der Waals surface area contributed by atoms with E-state index >= 15 is 0 Å². The molecule has 1 aromatic rings. The van der Waals surface area contributed by atoms with Crippen LogP contribution in [0.4, 0.5) is 4.39 Å². The van der Waals surface area contributed by atoms with Gasteiger partial charge in [0, 0.05) is 12.5 Å². The Morgan fingerprint density at radius 1 is 1.39 bits per heavy atom. The highest BCUT2D eigenvalue weighted by molar-refractivity contribution is 5.80. The van der Waals surface area contributed by atoms with Crippen molar-refractivity contribution in [2.75, 3.05) is 7.11 Å². The zero-order valence-electron chi connectivity index (χ0n) is 11.3. The van der Waals surface area contributed by atoms with Crippen LogP contribution in [-0.2, 0) is 16.0 Å². The first-order chi connectivity index (χ1) is 8.37. The van der Waals surface area contributed by atoms with Gasteiger partial charge in [0.25, 0.3) is 0 Å². The van der Waals surface area contributed by atoms with Gasteiger partial charge in [-0.3, -0.25) is 10.1 Å². The van der Waals surface area contributed by atoms with Crippen molar-refractivity contribution in [1.82, 2.24) is 5.32 Å². The van der Waals surface area contributed by atoms with E-state index in [9.17, 15) is 9.18 Å². The van der Waals surface area contributed by atoms with E-state index in [0.29, 0.717) is 6.42 Å². The number of nitrogens with one attached hydrogen (secondary N) is 1. The highest BCUT2D eigenvalue weighted by atomic mass is 19.1. The van der Waals surface area contributed by atoms with E-state index in [-0.39, 0.29) is 17.8 Å². The molecule has 1 rings (SSSR count). The molecule has 3 nitrogen and oxygen atoms in total. The van der Waals surface area contributed by atoms with Gasteiger partial charge in [-0.1, -0.05) is 12.1 Å². The SMILES string of the molecule is COC(=O)C(C)(Cc1ccc(F)cc1)NC(C)C. The fourth-order valence-corrected chi connectivity index (χ4v) is 2.06. The summed E-state index contributed by atoms with van der Waals surface area (Å²) in [6.45, 7) is 5.72. The van der Waals surface area contributed by atoms with E-state index in [1.165, 1.54) is 19.2 Å². The average Bonchev–Trinajstić information content (AvgIpc) is 2.30. The molecule has 0 fully saturated rings. The number of halogens is 1. The van der Waals surface area contributed by atoms with Crippen LogP contribution in [0, 0.1) is 5.82 Å². The van der Waals surface area contributed by atoms with Crippen LogP contribution in [0.3, 0.4) is 0 Å². The van der Waals surface area contributed by atoms with E-state index in [2.05, 4.69) is 5.32 Å². The Labute approximate surface area is 107 Å². The van der Waals surface area contributed by atoms with Crippen molar-refractivity contribution in [3.8, 4) is 0 Å². The number of ether oxygens (including phenoxy) is 1. The van der Waals surface area contributed by atoms with Crippen LogP contribution in [0.2, 0.25) is 0 Å². The van der Waals surface area contributed by atoms with Gasteiger partial charge in [-0.2, -0.15) is 0 Å². The van der Waals surface area contributed by atoms with Crippen molar-refractivity contribution in [1.29, 1.82) is 0 Å². The molecule has 0 amide bonds. The molecule has 0 saturated carbocycles. The quantitative estimate of drug-likeness (QED) is 0.818. The van der Waals surface area contributed by atoms with Gasteiger partial charge in [0.2, 0.25) is 0 Å². The number of carbonyl (C=O) groups is 1. The van der Waals surface area contributed by atoms with Crippen molar-refractivity contribution in [3.05, 3.63) is 35.6 Å². The average molecular weight is 253 g/mol. The molecule has 0 heterocycles. The second-order valence-electron chi connectivity index (χ2n) is 4.93. The van der Waals surface area contributed by atoms with E-state index in [0.717, 1.165) is 5.56 Å². The molecule has 1 N–H and O–H groups in total. The van der Waals surface area contributed by atoms with Gasteiger partial charge in [-0.15, -0.1) is 0 Å². The minimum absolute atomic E-state index is 0.148. The van der Waals surface area contributed by atoms with Crippen molar-refractivity contribution in [2.45, 2.75) is 38.8 Å². The monoisotopic (exact) mass is 253 g/mol. The molecular formula is C14H20FNO2. The normalized spacial score (nSPS) is 14.3. The number of hydrogen-bond donors (Lipinski definition) is 1. The third-order valence-corrected chi connectivity index (χ3v) is 2.71. The van der Waals surface area contributed by atoms with Crippen LogP contribution in [0.1, 0.15) is 26.3 Å². The summed E-state index contributed by atoms with van der Waals surface area (Å²) in [4.78, 5) is 11.9. The van der Waals surface area contributed by atoms with Gasteiger partial charge < -0.3 is 4.74 Å². The maximum atomic E-state index is 12.8. The maximum absolute atomic E-state index is 12.8. The fraction of sp³-hybridized carbons (Fsp3) is 0.500. The second-order valence-corrected chi connectivity index (χ2v) is 4.93. The number of benzene rings is 1. The van der Waals surface area contributed by atoms with E-state index in [1.807, 2.05) is 13.8 Å². The smallest absolute Gasteiger partial charge is 0.326 e. The molecular weight excluding hydrogens is 233 g/mol. The Morgan fingerprint density at radius 3 is 2.39 bits per heavy atom. The van der Waals surface area contributed by atoms with E-state index < -0.39 is 5.54 Å². The molecule has 0 aliphatic heterocycles. The van der Waals surface area contributed by atoms with Crippen LogP contribution < -0.4 is 5.32 Å². The molecule has 0 aliphatic rings. The summed E-state index contributed by atoms with van der Waals surface area (Å²) < 4.78 is 17.7. The largest absolute Gasteiger partial charge is 0.468 e. The van der Waals surface area contributed by atoms with Crippen LogP contribution in [0.5, 0.6) is 0 Å². The zero-order valence-corrected chi connectivity index (χ0v) is 11.3. The van der Waals surface area contributed by atoms with Crippen molar-refractivity contribution < 1.29 is 13.9 Å². The van der Waals surface area contributed by atoms with Crippen LogP contribution in [0.25, 0.3) is 0 Å². The molecule has 0 saturated heterocycles. The minimum Gasteiger partial charge on any atom is -0.468 e. The molecule has 0 spiro atoms. The molecule has 0 aromatic heterocycles. The molecule has 0 radical (unpaired) electrons. The Balaban J connectivity index is 2.90. The topological polar surface area (TPSA) is 38.3 Å². The number of hydrogen-bond acceptors (Lipinski definition) is 3. The third kappa shape index (κ3) is 3.81. The summed E-state index contributed by atoms with van der Waals surface area (Å²) >= 11 is 0. The van der Waals surface area contributed by atoms with Crippen LogP contribution >= 0.6 is 0 Å². The molecule has 0 aliphatic carbocycles. The van der Waals surface area contributed by atoms with E-state index in [4.69, 9.17) is 4.74 Å². The molecule has 4 heteroatoms.